The largest absolute Gasteiger partial charge is 0.0651 e. The van der Waals surface area contributed by atoms with Gasteiger partial charge in [0.15, 0.2) is 0 Å². The molecule has 0 bridgehead atoms. The van der Waals surface area contributed by atoms with Gasteiger partial charge in [-0.3, -0.25) is 0 Å². The van der Waals surface area contributed by atoms with Gasteiger partial charge in [-0.05, 0) is 106 Å². The molecule has 0 nitrogen and oxygen atoms in total. The maximum atomic E-state index is 2.58. The first-order valence-electron chi connectivity index (χ1n) is 11.4. The van der Waals surface area contributed by atoms with Crippen LogP contribution in [0.15, 0.2) is 36.4 Å². The monoisotopic (exact) mass is 370 g/mol. The number of benzene rings is 3. The molecule has 2 aliphatic carbocycles. The molecule has 3 aromatic rings. The highest BCUT2D eigenvalue weighted by molar-refractivity contribution is 6.10. The molecule has 1 unspecified atom stereocenters. The van der Waals surface area contributed by atoms with Crippen LogP contribution in [0.5, 0.6) is 0 Å². The summed E-state index contributed by atoms with van der Waals surface area (Å²) in [6.07, 6.45) is 6.76. The van der Waals surface area contributed by atoms with E-state index in [0.717, 1.165) is 17.8 Å². The van der Waals surface area contributed by atoms with Gasteiger partial charge < -0.3 is 0 Å². The minimum atomic E-state index is 0.513. The fourth-order valence-corrected chi connectivity index (χ4v) is 6.68. The molecule has 0 heteroatoms. The Labute approximate surface area is 170 Å². The van der Waals surface area contributed by atoms with Gasteiger partial charge in [0.2, 0.25) is 0 Å². The normalized spacial score (nSPS) is 27.8. The second kappa shape index (κ2) is 6.34. The van der Waals surface area contributed by atoms with Crippen molar-refractivity contribution in [3.05, 3.63) is 58.7 Å². The highest BCUT2D eigenvalue weighted by Crippen LogP contribution is 2.61. The van der Waals surface area contributed by atoms with E-state index in [1.165, 1.54) is 64.8 Å². The third kappa shape index (κ3) is 2.43. The van der Waals surface area contributed by atoms with Crippen LogP contribution in [0.1, 0.15) is 74.6 Å². The van der Waals surface area contributed by atoms with Crippen molar-refractivity contribution >= 4 is 21.5 Å². The molecular formula is C28H34. The SMILES string of the molecule is CCC(C)[C@@H]1CC[C@]2(C)CCc3c(ccc4c3ccc3c(C)c(C)ccc34)[C@@H]12. The molecule has 4 atom stereocenters. The Morgan fingerprint density at radius 1 is 0.929 bits per heavy atom. The summed E-state index contributed by atoms with van der Waals surface area (Å²) in [5.41, 5.74) is 6.68. The van der Waals surface area contributed by atoms with Crippen molar-refractivity contribution in [2.24, 2.45) is 17.3 Å². The molecule has 5 rings (SSSR count). The predicted molar refractivity (Wildman–Crippen MR) is 122 cm³/mol. The molecular weight excluding hydrogens is 336 g/mol. The minimum absolute atomic E-state index is 0.513. The second-order valence-corrected chi connectivity index (χ2v) is 10.1. The fraction of sp³-hybridized carbons (Fsp3) is 0.500. The number of fused-ring (bicyclic) bond motifs is 7. The first kappa shape index (κ1) is 18.2. The van der Waals surface area contributed by atoms with Crippen LogP contribution < -0.4 is 0 Å². The van der Waals surface area contributed by atoms with Crippen molar-refractivity contribution in [1.29, 1.82) is 0 Å². The lowest BCUT2D eigenvalue weighted by Crippen LogP contribution is -2.31. The van der Waals surface area contributed by atoms with Gasteiger partial charge in [0.05, 0.1) is 0 Å². The molecule has 1 saturated carbocycles. The Kier molecular flexibility index (Phi) is 4.13. The van der Waals surface area contributed by atoms with E-state index in [4.69, 9.17) is 0 Å². The molecule has 3 aromatic carbocycles. The predicted octanol–water partition coefficient (Wildman–Crippen LogP) is 8.10. The van der Waals surface area contributed by atoms with Gasteiger partial charge in [0.25, 0.3) is 0 Å². The average molecular weight is 371 g/mol. The summed E-state index contributed by atoms with van der Waals surface area (Å²) < 4.78 is 0. The van der Waals surface area contributed by atoms with Crippen molar-refractivity contribution in [1.82, 2.24) is 0 Å². The van der Waals surface area contributed by atoms with Gasteiger partial charge in [-0.25, -0.2) is 0 Å². The molecule has 0 aliphatic heterocycles. The van der Waals surface area contributed by atoms with E-state index >= 15 is 0 Å². The van der Waals surface area contributed by atoms with E-state index in [0.29, 0.717) is 5.41 Å². The van der Waals surface area contributed by atoms with Crippen LogP contribution in [-0.4, -0.2) is 0 Å². The zero-order chi connectivity index (χ0) is 19.6. The first-order chi connectivity index (χ1) is 13.4. The molecule has 0 N–H and O–H groups in total. The van der Waals surface area contributed by atoms with Gasteiger partial charge in [-0.1, -0.05) is 63.6 Å². The molecule has 0 spiro atoms. The van der Waals surface area contributed by atoms with E-state index in [9.17, 15) is 0 Å². The van der Waals surface area contributed by atoms with Crippen LogP contribution in [0, 0.1) is 31.1 Å². The quantitative estimate of drug-likeness (QED) is 0.400. The Morgan fingerprint density at radius 2 is 1.61 bits per heavy atom. The van der Waals surface area contributed by atoms with Crippen LogP contribution in [0.3, 0.4) is 0 Å². The number of hydrogen-bond donors (Lipinski definition) is 0. The number of aryl methyl sites for hydroxylation is 3. The summed E-state index contributed by atoms with van der Waals surface area (Å²) in [5, 5.41) is 5.83. The summed E-state index contributed by atoms with van der Waals surface area (Å²) in [6.45, 7) is 11.9. The zero-order valence-electron chi connectivity index (χ0n) is 18.2. The molecule has 2 aliphatic rings. The summed E-state index contributed by atoms with van der Waals surface area (Å²) in [5.74, 6) is 2.44. The molecule has 28 heavy (non-hydrogen) atoms. The van der Waals surface area contributed by atoms with Gasteiger partial charge in [0.1, 0.15) is 0 Å². The summed E-state index contributed by atoms with van der Waals surface area (Å²) >= 11 is 0. The summed E-state index contributed by atoms with van der Waals surface area (Å²) in [6, 6.07) is 14.4. The Balaban J connectivity index is 1.74. The third-order valence-corrected chi connectivity index (χ3v) is 8.77. The van der Waals surface area contributed by atoms with Crippen molar-refractivity contribution in [2.45, 2.75) is 72.6 Å². The molecule has 0 aromatic heterocycles. The Morgan fingerprint density at radius 3 is 2.39 bits per heavy atom. The average Bonchev–Trinajstić information content (AvgIpc) is 3.07. The third-order valence-electron chi connectivity index (χ3n) is 8.77. The lowest BCUT2D eigenvalue weighted by Gasteiger charge is -2.42. The van der Waals surface area contributed by atoms with E-state index in [1.807, 2.05) is 0 Å². The number of hydrogen-bond acceptors (Lipinski definition) is 0. The van der Waals surface area contributed by atoms with E-state index < -0.39 is 0 Å². The molecule has 0 heterocycles. The van der Waals surface area contributed by atoms with Gasteiger partial charge in [-0.15, -0.1) is 0 Å². The first-order valence-corrected chi connectivity index (χ1v) is 11.4. The second-order valence-electron chi connectivity index (χ2n) is 10.1. The van der Waals surface area contributed by atoms with Crippen LogP contribution in [0.4, 0.5) is 0 Å². The molecule has 1 fully saturated rings. The molecule has 146 valence electrons. The van der Waals surface area contributed by atoms with Crippen molar-refractivity contribution < 1.29 is 0 Å². The molecule has 0 radical (unpaired) electrons. The smallest absolute Gasteiger partial charge is 0.00740 e. The van der Waals surface area contributed by atoms with Crippen LogP contribution in [0.2, 0.25) is 0 Å². The highest BCUT2D eigenvalue weighted by atomic mass is 14.5. The van der Waals surface area contributed by atoms with Crippen LogP contribution in [-0.2, 0) is 6.42 Å². The zero-order valence-corrected chi connectivity index (χ0v) is 18.2. The fourth-order valence-electron chi connectivity index (χ4n) is 6.68. The lowest BCUT2D eigenvalue weighted by atomic mass is 9.62. The topological polar surface area (TPSA) is 0 Å². The van der Waals surface area contributed by atoms with Crippen LogP contribution >= 0.6 is 0 Å². The van der Waals surface area contributed by atoms with Crippen molar-refractivity contribution in [2.75, 3.05) is 0 Å². The summed E-state index contributed by atoms with van der Waals surface area (Å²) in [4.78, 5) is 0. The maximum Gasteiger partial charge on any atom is -0.00740 e. The Hall–Kier alpha value is -1.82. The van der Waals surface area contributed by atoms with E-state index in [-0.39, 0.29) is 0 Å². The minimum Gasteiger partial charge on any atom is -0.0651 e. The maximum absolute atomic E-state index is 2.58. The van der Waals surface area contributed by atoms with Gasteiger partial charge >= 0.3 is 0 Å². The number of rotatable bonds is 2. The summed E-state index contributed by atoms with van der Waals surface area (Å²) in [7, 11) is 0. The lowest BCUT2D eigenvalue weighted by molar-refractivity contribution is 0.202. The van der Waals surface area contributed by atoms with Crippen molar-refractivity contribution in [3.8, 4) is 0 Å². The molecule has 0 amide bonds. The standard InChI is InChI=1S/C28H34/c1-6-17(2)20-13-15-28(5)16-14-25-24-10-9-21-19(4)18(3)7-8-22(21)23(24)11-12-26(25)27(20)28/h7-12,17,20,27H,6,13-16H2,1-5H3/t17?,20-,27+,28+/m0/s1. The van der Waals surface area contributed by atoms with Crippen LogP contribution in [0.25, 0.3) is 21.5 Å². The molecule has 0 saturated heterocycles. The van der Waals surface area contributed by atoms with E-state index in [2.05, 4.69) is 71.0 Å². The van der Waals surface area contributed by atoms with E-state index in [1.54, 1.807) is 11.1 Å². The van der Waals surface area contributed by atoms with Crippen molar-refractivity contribution in [3.63, 3.8) is 0 Å². The van der Waals surface area contributed by atoms with Gasteiger partial charge in [-0.2, -0.15) is 0 Å². The Bertz CT molecular complexity index is 1070. The highest BCUT2D eigenvalue weighted by Gasteiger charge is 2.49. The van der Waals surface area contributed by atoms with Gasteiger partial charge in [0, 0.05) is 0 Å².